The van der Waals surface area contributed by atoms with Gasteiger partial charge in [0.05, 0.1) is 24.0 Å². The molecule has 0 spiro atoms. The maximum Gasteiger partial charge on any atom is 0.259 e. The van der Waals surface area contributed by atoms with Crippen molar-refractivity contribution in [2.75, 3.05) is 56.7 Å². The Morgan fingerprint density at radius 1 is 0.973 bits per heavy atom. The minimum absolute atomic E-state index is 0.102. The molecule has 1 atom stereocenters. The molecule has 1 aliphatic heterocycles. The van der Waals surface area contributed by atoms with Crippen molar-refractivity contribution in [3.8, 4) is 11.5 Å². The first-order valence-electron chi connectivity index (χ1n) is 12.5. The normalized spacial score (nSPS) is 14.9. The molecular weight excluding hydrogens is 468 g/mol. The van der Waals surface area contributed by atoms with E-state index in [1.165, 1.54) is 0 Å². The van der Waals surface area contributed by atoms with Crippen LogP contribution in [0.5, 0.6) is 11.5 Å². The lowest BCUT2D eigenvalue weighted by atomic mass is 10.1. The van der Waals surface area contributed by atoms with Crippen LogP contribution in [0, 0.1) is 0 Å². The van der Waals surface area contributed by atoms with Gasteiger partial charge < -0.3 is 29.8 Å². The van der Waals surface area contributed by atoms with Crippen LogP contribution >= 0.6 is 0 Å². The molecule has 0 aliphatic carbocycles. The Labute approximate surface area is 216 Å². The molecule has 1 aromatic heterocycles. The van der Waals surface area contributed by atoms with Gasteiger partial charge >= 0.3 is 0 Å². The van der Waals surface area contributed by atoms with Gasteiger partial charge in [0.15, 0.2) is 0 Å². The molecule has 1 saturated heterocycles. The Morgan fingerprint density at radius 2 is 1.73 bits per heavy atom. The number of ether oxygens (including phenoxy) is 2. The monoisotopic (exact) mass is 500 g/mol. The number of carbonyl (C=O) groups is 1. The maximum atomic E-state index is 13.1. The maximum absolute atomic E-state index is 13.1. The number of hydrogen-bond donors (Lipinski definition) is 3. The van der Waals surface area contributed by atoms with Crippen LogP contribution in [0.2, 0.25) is 0 Å². The number of benzene rings is 3. The van der Waals surface area contributed by atoms with E-state index in [9.17, 15) is 9.90 Å². The van der Waals surface area contributed by atoms with E-state index in [0.29, 0.717) is 17.9 Å². The lowest BCUT2D eigenvalue weighted by Gasteiger charge is -2.37. The quantitative estimate of drug-likeness (QED) is 0.322. The van der Waals surface area contributed by atoms with E-state index in [-0.39, 0.29) is 12.5 Å². The van der Waals surface area contributed by atoms with Gasteiger partial charge in [0.1, 0.15) is 24.2 Å². The molecule has 8 nitrogen and oxygen atoms in total. The van der Waals surface area contributed by atoms with Crippen LogP contribution in [0.1, 0.15) is 10.4 Å². The number of piperazine rings is 1. The summed E-state index contributed by atoms with van der Waals surface area (Å²) in [5.74, 6) is 1.06. The highest BCUT2D eigenvalue weighted by molar-refractivity contribution is 6.10. The molecule has 2 heterocycles. The van der Waals surface area contributed by atoms with Crippen LogP contribution in [0.15, 0.2) is 79.0 Å². The van der Waals surface area contributed by atoms with E-state index in [2.05, 4.69) is 26.2 Å². The van der Waals surface area contributed by atoms with Crippen LogP contribution in [0.3, 0.4) is 0 Å². The average molecular weight is 501 g/mol. The fourth-order valence-corrected chi connectivity index (χ4v) is 4.76. The SMILES string of the molecule is COc1ccccc1N1CCN(CC(O)COc2ccccc2C(=O)Nc2cccc3[nH]ccc23)CC1. The minimum atomic E-state index is -0.678. The number of fused-ring (bicyclic) bond motifs is 1. The Bertz CT molecular complexity index is 1350. The second-order valence-corrected chi connectivity index (χ2v) is 9.12. The third-order valence-corrected chi connectivity index (χ3v) is 6.67. The van der Waals surface area contributed by atoms with Crippen molar-refractivity contribution in [1.29, 1.82) is 0 Å². The topological polar surface area (TPSA) is 90.1 Å². The van der Waals surface area contributed by atoms with Crippen LogP contribution in [-0.4, -0.2) is 73.4 Å². The smallest absolute Gasteiger partial charge is 0.259 e. The summed E-state index contributed by atoms with van der Waals surface area (Å²) < 4.78 is 11.4. The second kappa shape index (κ2) is 11.4. The Balaban J connectivity index is 1.15. The van der Waals surface area contributed by atoms with Crippen LogP contribution in [0.4, 0.5) is 11.4 Å². The van der Waals surface area contributed by atoms with Gasteiger partial charge in [0.2, 0.25) is 0 Å². The molecule has 0 radical (unpaired) electrons. The van der Waals surface area contributed by atoms with Crippen LogP contribution < -0.4 is 19.7 Å². The summed E-state index contributed by atoms with van der Waals surface area (Å²) in [5.41, 5.74) is 3.20. The van der Waals surface area contributed by atoms with E-state index in [0.717, 1.165) is 54.2 Å². The van der Waals surface area contributed by atoms with Crippen molar-refractivity contribution in [3.05, 3.63) is 84.6 Å². The molecule has 0 saturated carbocycles. The first kappa shape index (κ1) is 24.7. The van der Waals surface area contributed by atoms with Crippen LogP contribution in [0.25, 0.3) is 10.9 Å². The fraction of sp³-hybridized carbons (Fsp3) is 0.276. The number of H-pyrrole nitrogens is 1. The van der Waals surface area contributed by atoms with Gasteiger partial charge in [-0.1, -0.05) is 30.3 Å². The third-order valence-electron chi connectivity index (χ3n) is 6.67. The molecule has 37 heavy (non-hydrogen) atoms. The first-order valence-corrected chi connectivity index (χ1v) is 12.5. The van der Waals surface area contributed by atoms with Gasteiger partial charge in [-0.2, -0.15) is 0 Å². The van der Waals surface area contributed by atoms with Crippen molar-refractivity contribution in [2.24, 2.45) is 0 Å². The zero-order chi connectivity index (χ0) is 25.6. The van der Waals surface area contributed by atoms with E-state index in [1.54, 1.807) is 25.3 Å². The molecular formula is C29H32N4O4. The Kier molecular flexibility index (Phi) is 7.58. The number of aliphatic hydroxyl groups excluding tert-OH is 1. The largest absolute Gasteiger partial charge is 0.495 e. The van der Waals surface area contributed by atoms with E-state index in [1.807, 2.05) is 54.7 Å². The fourth-order valence-electron chi connectivity index (χ4n) is 4.76. The molecule has 5 rings (SSSR count). The van der Waals surface area contributed by atoms with Gasteiger partial charge in [0, 0.05) is 49.8 Å². The first-order chi connectivity index (χ1) is 18.1. The molecule has 0 bridgehead atoms. The predicted molar refractivity (Wildman–Crippen MR) is 146 cm³/mol. The Morgan fingerprint density at radius 3 is 2.54 bits per heavy atom. The number of methoxy groups -OCH3 is 1. The summed E-state index contributed by atoms with van der Waals surface area (Å²) in [6, 6.07) is 22.8. The summed E-state index contributed by atoms with van der Waals surface area (Å²) in [4.78, 5) is 20.8. The van der Waals surface area contributed by atoms with Gasteiger partial charge in [-0.3, -0.25) is 9.69 Å². The number of hydrogen-bond acceptors (Lipinski definition) is 6. The summed E-state index contributed by atoms with van der Waals surface area (Å²) in [5, 5.41) is 14.6. The van der Waals surface area contributed by atoms with Crippen LogP contribution in [-0.2, 0) is 0 Å². The standard InChI is InChI=1S/C29H32N4O4/c1-36-28-12-5-3-10-26(28)33-17-15-32(16-18-33)19-21(34)20-37-27-11-4-2-7-23(27)29(35)31-25-9-6-8-24-22(25)13-14-30-24/h2-14,21,30,34H,15-20H2,1H3,(H,31,35). The lowest BCUT2D eigenvalue weighted by molar-refractivity contribution is 0.0656. The molecule has 1 aliphatic rings. The third kappa shape index (κ3) is 5.71. The number of amides is 1. The highest BCUT2D eigenvalue weighted by Crippen LogP contribution is 2.28. The predicted octanol–water partition coefficient (Wildman–Crippen LogP) is 3.99. The van der Waals surface area contributed by atoms with Crippen molar-refractivity contribution < 1.29 is 19.4 Å². The van der Waals surface area contributed by atoms with Gasteiger partial charge in [-0.25, -0.2) is 0 Å². The number of nitrogens with one attached hydrogen (secondary N) is 2. The van der Waals surface area contributed by atoms with E-state index in [4.69, 9.17) is 9.47 Å². The number of anilines is 2. The van der Waals surface area contributed by atoms with Crippen molar-refractivity contribution in [1.82, 2.24) is 9.88 Å². The summed E-state index contributed by atoms with van der Waals surface area (Å²) in [6.07, 6.45) is 1.17. The molecule has 3 N–H and O–H groups in total. The molecule has 1 amide bonds. The highest BCUT2D eigenvalue weighted by Gasteiger charge is 2.22. The van der Waals surface area contributed by atoms with E-state index < -0.39 is 6.10 Å². The molecule has 8 heteroatoms. The number of β-amino-alcohol motifs (C(OH)–C–C–N with tert-alkyl or cyclic N) is 1. The minimum Gasteiger partial charge on any atom is -0.495 e. The van der Waals surface area contributed by atoms with Gasteiger partial charge in [-0.15, -0.1) is 0 Å². The summed E-state index contributed by atoms with van der Waals surface area (Å²) in [6.45, 7) is 3.97. The van der Waals surface area contributed by atoms with Gasteiger partial charge in [-0.05, 0) is 42.5 Å². The number of aromatic nitrogens is 1. The Hall–Kier alpha value is -4.01. The second-order valence-electron chi connectivity index (χ2n) is 9.12. The van der Waals surface area contributed by atoms with Crippen molar-refractivity contribution in [3.63, 3.8) is 0 Å². The summed E-state index contributed by atoms with van der Waals surface area (Å²) >= 11 is 0. The zero-order valence-corrected chi connectivity index (χ0v) is 20.9. The number of carbonyl (C=O) groups excluding carboxylic acids is 1. The van der Waals surface area contributed by atoms with Crippen molar-refractivity contribution in [2.45, 2.75) is 6.10 Å². The number of nitrogens with zero attached hydrogens (tertiary/aromatic N) is 2. The number of aromatic amines is 1. The average Bonchev–Trinajstić information content (AvgIpc) is 3.43. The lowest BCUT2D eigenvalue weighted by Crippen LogP contribution is -2.49. The number of aliphatic hydroxyl groups is 1. The molecule has 3 aromatic carbocycles. The highest BCUT2D eigenvalue weighted by atomic mass is 16.5. The number of para-hydroxylation sites is 3. The molecule has 1 fully saturated rings. The number of rotatable bonds is 9. The molecule has 4 aromatic rings. The summed E-state index contributed by atoms with van der Waals surface area (Å²) in [7, 11) is 1.69. The van der Waals surface area contributed by atoms with Crippen molar-refractivity contribution >= 4 is 28.2 Å². The zero-order valence-electron chi connectivity index (χ0n) is 20.9. The molecule has 192 valence electrons. The van der Waals surface area contributed by atoms with E-state index >= 15 is 0 Å². The van der Waals surface area contributed by atoms with Gasteiger partial charge in [0.25, 0.3) is 5.91 Å². The molecule has 1 unspecified atom stereocenters.